The minimum absolute atomic E-state index is 0.00957. The summed E-state index contributed by atoms with van der Waals surface area (Å²) < 4.78 is 0. The van der Waals surface area contributed by atoms with E-state index in [1.165, 1.54) is 161 Å². The van der Waals surface area contributed by atoms with Gasteiger partial charge in [-0.2, -0.15) is 0 Å². The number of carbonyl (C=O) groups is 1. The lowest BCUT2D eigenvalue weighted by molar-refractivity contribution is -0.124. The molecule has 0 aliphatic rings. The maximum atomic E-state index is 12.4. The van der Waals surface area contributed by atoms with Gasteiger partial charge in [-0.05, 0) is 32.1 Å². The molecule has 0 fully saturated rings. The number of carbonyl (C=O) groups excluding carboxylic acids is 1. The van der Waals surface area contributed by atoms with Crippen LogP contribution in [0.1, 0.15) is 219 Å². The van der Waals surface area contributed by atoms with Crippen LogP contribution in [0.25, 0.3) is 0 Å². The first-order valence-corrected chi connectivity index (χ1v) is 21.1. The Bertz CT molecular complexity index is 709. The molecule has 48 heavy (non-hydrogen) atoms. The van der Waals surface area contributed by atoms with Gasteiger partial charge in [-0.3, -0.25) is 4.79 Å². The SMILES string of the molecule is CCCCCCCCCCC/C=C/CC/C=C/C(O)C(CO)NC(=O)CC(O)CCCCCCCCCCCCCCCCCCCC. The number of amides is 1. The van der Waals surface area contributed by atoms with Crippen LogP contribution in [0.5, 0.6) is 0 Å². The maximum Gasteiger partial charge on any atom is 0.222 e. The molecule has 4 N–H and O–H groups in total. The summed E-state index contributed by atoms with van der Waals surface area (Å²) in [5, 5.41) is 33.1. The molecule has 0 spiro atoms. The highest BCUT2D eigenvalue weighted by atomic mass is 16.3. The Morgan fingerprint density at radius 3 is 1.33 bits per heavy atom. The van der Waals surface area contributed by atoms with E-state index in [0.717, 1.165) is 32.1 Å². The molecule has 1 amide bonds. The molecule has 5 heteroatoms. The summed E-state index contributed by atoms with van der Waals surface area (Å²) in [4.78, 5) is 12.4. The van der Waals surface area contributed by atoms with Crippen molar-refractivity contribution in [1.29, 1.82) is 0 Å². The van der Waals surface area contributed by atoms with Crippen LogP contribution < -0.4 is 5.32 Å². The number of hydrogen-bond acceptors (Lipinski definition) is 4. The molecule has 0 aromatic rings. The molecule has 3 unspecified atom stereocenters. The van der Waals surface area contributed by atoms with Crippen molar-refractivity contribution < 1.29 is 20.1 Å². The van der Waals surface area contributed by atoms with Crippen LogP contribution in [-0.2, 0) is 4.79 Å². The number of aliphatic hydroxyl groups excluding tert-OH is 3. The van der Waals surface area contributed by atoms with E-state index in [1.54, 1.807) is 6.08 Å². The second-order valence-corrected chi connectivity index (χ2v) is 14.6. The predicted octanol–water partition coefficient (Wildman–Crippen LogP) is 11.8. The standard InChI is InChI=1S/C43H83NO4/c1-3-5-7-9-11-13-15-17-19-20-21-23-24-26-28-30-32-34-36-40(46)38-43(48)44-41(39-45)42(47)37-35-33-31-29-27-25-22-18-16-14-12-10-8-6-4-2/h27,29,35,37,40-42,45-47H,3-26,28,30-34,36,38-39H2,1-2H3,(H,44,48)/b29-27+,37-35+. The van der Waals surface area contributed by atoms with Crippen molar-refractivity contribution in [2.75, 3.05) is 6.61 Å². The van der Waals surface area contributed by atoms with Crippen LogP contribution in [0.2, 0.25) is 0 Å². The van der Waals surface area contributed by atoms with E-state index in [9.17, 15) is 20.1 Å². The van der Waals surface area contributed by atoms with E-state index < -0.39 is 18.2 Å². The number of rotatable bonds is 38. The van der Waals surface area contributed by atoms with Crippen LogP contribution >= 0.6 is 0 Å². The summed E-state index contributed by atoms with van der Waals surface area (Å²) in [6.45, 7) is 4.20. The molecule has 0 heterocycles. The molecule has 0 bridgehead atoms. The van der Waals surface area contributed by atoms with Crippen molar-refractivity contribution in [2.45, 2.75) is 238 Å². The molecule has 0 saturated heterocycles. The van der Waals surface area contributed by atoms with Gasteiger partial charge in [0.05, 0.1) is 31.3 Å². The molecular formula is C43H83NO4. The monoisotopic (exact) mass is 678 g/mol. The second kappa shape index (κ2) is 38.6. The Labute approximate surface area is 299 Å². The van der Waals surface area contributed by atoms with Crippen LogP contribution in [0.3, 0.4) is 0 Å². The molecule has 0 aliphatic carbocycles. The zero-order valence-corrected chi connectivity index (χ0v) is 32.1. The van der Waals surface area contributed by atoms with Gasteiger partial charge in [0.15, 0.2) is 0 Å². The fraction of sp³-hybridized carbons (Fsp3) is 0.884. The maximum absolute atomic E-state index is 12.4. The third kappa shape index (κ3) is 34.7. The van der Waals surface area contributed by atoms with E-state index in [4.69, 9.17) is 0 Å². The van der Waals surface area contributed by atoms with Crippen molar-refractivity contribution in [1.82, 2.24) is 5.32 Å². The van der Waals surface area contributed by atoms with Crippen LogP contribution in [0.15, 0.2) is 24.3 Å². The Morgan fingerprint density at radius 1 is 0.521 bits per heavy atom. The first kappa shape index (κ1) is 46.8. The van der Waals surface area contributed by atoms with Crippen molar-refractivity contribution in [3.05, 3.63) is 24.3 Å². The van der Waals surface area contributed by atoms with Gasteiger partial charge in [0, 0.05) is 0 Å². The van der Waals surface area contributed by atoms with Crippen LogP contribution in [0.4, 0.5) is 0 Å². The Kier molecular flexibility index (Phi) is 37.7. The molecule has 0 aromatic carbocycles. The van der Waals surface area contributed by atoms with Gasteiger partial charge in [0.1, 0.15) is 0 Å². The molecule has 0 aromatic heterocycles. The third-order valence-corrected chi connectivity index (χ3v) is 9.74. The molecular weight excluding hydrogens is 594 g/mol. The predicted molar refractivity (Wildman–Crippen MR) is 208 cm³/mol. The fourth-order valence-electron chi connectivity index (χ4n) is 6.47. The van der Waals surface area contributed by atoms with Crippen LogP contribution in [0, 0.1) is 0 Å². The van der Waals surface area contributed by atoms with Gasteiger partial charge in [-0.1, -0.05) is 205 Å². The number of aliphatic hydroxyl groups is 3. The Hall–Kier alpha value is -1.17. The zero-order chi connectivity index (χ0) is 35.2. The highest BCUT2D eigenvalue weighted by Crippen LogP contribution is 2.16. The third-order valence-electron chi connectivity index (χ3n) is 9.74. The first-order chi connectivity index (χ1) is 23.5. The molecule has 3 atom stereocenters. The fourth-order valence-corrected chi connectivity index (χ4v) is 6.47. The van der Waals surface area contributed by atoms with Crippen molar-refractivity contribution >= 4 is 5.91 Å². The summed E-state index contributed by atoms with van der Waals surface area (Å²) in [6, 6.07) is -0.756. The molecule has 0 aliphatic heterocycles. The number of hydrogen-bond donors (Lipinski definition) is 4. The Balaban J connectivity index is 3.69. The molecule has 5 nitrogen and oxygen atoms in total. The van der Waals surface area contributed by atoms with Gasteiger partial charge in [-0.25, -0.2) is 0 Å². The molecule has 0 radical (unpaired) electrons. The average Bonchev–Trinajstić information content (AvgIpc) is 3.08. The lowest BCUT2D eigenvalue weighted by Gasteiger charge is -2.21. The lowest BCUT2D eigenvalue weighted by Crippen LogP contribution is -2.45. The van der Waals surface area contributed by atoms with Gasteiger partial charge in [-0.15, -0.1) is 0 Å². The minimum Gasteiger partial charge on any atom is -0.394 e. The first-order valence-electron chi connectivity index (χ1n) is 21.1. The number of allylic oxidation sites excluding steroid dienone is 3. The highest BCUT2D eigenvalue weighted by molar-refractivity contribution is 5.76. The lowest BCUT2D eigenvalue weighted by atomic mass is 10.0. The largest absolute Gasteiger partial charge is 0.394 e. The van der Waals surface area contributed by atoms with E-state index in [0.29, 0.717) is 6.42 Å². The smallest absolute Gasteiger partial charge is 0.222 e. The normalized spacial score (nSPS) is 13.9. The molecule has 0 rings (SSSR count). The topological polar surface area (TPSA) is 89.8 Å². The highest BCUT2D eigenvalue weighted by Gasteiger charge is 2.20. The summed E-state index contributed by atoms with van der Waals surface area (Å²) in [7, 11) is 0. The number of nitrogens with one attached hydrogen (secondary N) is 1. The van der Waals surface area contributed by atoms with E-state index in [2.05, 4.69) is 31.3 Å². The van der Waals surface area contributed by atoms with E-state index in [-0.39, 0.29) is 18.9 Å². The van der Waals surface area contributed by atoms with Gasteiger partial charge < -0.3 is 20.6 Å². The molecule has 284 valence electrons. The van der Waals surface area contributed by atoms with Crippen molar-refractivity contribution in [2.24, 2.45) is 0 Å². The zero-order valence-electron chi connectivity index (χ0n) is 32.1. The summed E-state index contributed by atoms with van der Waals surface area (Å²) in [5.74, 6) is -0.323. The molecule has 0 saturated carbocycles. The van der Waals surface area contributed by atoms with Gasteiger partial charge in [0.2, 0.25) is 5.91 Å². The summed E-state index contributed by atoms with van der Waals surface area (Å²) in [6.07, 6.45) is 46.0. The second-order valence-electron chi connectivity index (χ2n) is 14.6. The Morgan fingerprint density at radius 2 is 0.896 bits per heavy atom. The van der Waals surface area contributed by atoms with Crippen LogP contribution in [-0.4, -0.2) is 46.1 Å². The van der Waals surface area contributed by atoms with Gasteiger partial charge >= 0.3 is 0 Å². The van der Waals surface area contributed by atoms with E-state index in [1.807, 2.05) is 6.08 Å². The summed E-state index contributed by atoms with van der Waals surface area (Å²) >= 11 is 0. The average molecular weight is 678 g/mol. The van der Waals surface area contributed by atoms with Gasteiger partial charge in [0.25, 0.3) is 0 Å². The van der Waals surface area contributed by atoms with E-state index >= 15 is 0 Å². The summed E-state index contributed by atoms with van der Waals surface area (Å²) in [5.41, 5.74) is 0. The number of unbranched alkanes of at least 4 members (excludes halogenated alkanes) is 27. The minimum atomic E-state index is -0.947. The van der Waals surface area contributed by atoms with Crippen molar-refractivity contribution in [3.8, 4) is 0 Å². The van der Waals surface area contributed by atoms with Crippen molar-refractivity contribution in [3.63, 3.8) is 0 Å². The quantitative estimate of drug-likeness (QED) is 0.0387.